The van der Waals surface area contributed by atoms with Crippen LogP contribution in [-0.2, 0) is 14.3 Å². The fraction of sp³-hybridized carbons (Fsp3) is 0.833. The highest BCUT2D eigenvalue weighted by atomic mass is 16.5. The van der Waals surface area contributed by atoms with Gasteiger partial charge in [-0.2, -0.15) is 0 Å². The number of rotatable bonds is 6. The van der Waals surface area contributed by atoms with Crippen LogP contribution in [0.2, 0.25) is 0 Å². The Morgan fingerprint density at radius 2 is 2.00 bits per heavy atom. The molecule has 0 unspecified atom stereocenters. The van der Waals surface area contributed by atoms with Gasteiger partial charge in [0.1, 0.15) is 6.61 Å². The van der Waals surface area contributed by atoms with Crippen molar-refractivity contribution < 1.29 is 19.4 Å². The van der Waals surface area contributed by atoms with Crippen molar-refractivity contribution in [3.63, 3.8) is 0 Å². The van der Waals surface area contributed by atoms with Gasteiger partial charge >= 0.3 is 5.97 Å². The van der Waals surface area contributed by atoms with Crippen molar-refractivity contribution in [2.75, 3.05) is 26.3 Å². The molecule has 0 aliphatic carbocycles. The maximum absolute atomic E-state index is 11.6. The van der Waals surface area contributed by atoms with Crippen LogP contribution in [0.5, 0.6) is 0 Å². The lowest BCUT2D eigenvalue weighted by atomic mass is 9.92. The smallest absolute Gasteiger partial charge is 0.303 e. The zero-order valence-electron chi connectivity index (χ0n) is 10.4. The molecule has 0 bridgehead atoms. The summed E-state index contributed by atoms with van der Waals surface area (Å²) >= 11 is 0. The Morgan fingerprint density at radius 3 is 2.53 bits per heavy atom. The van der Waals surface area contributed by atoms with Crippen LogP contribution in [0.3, 0.4) is 0 Å². The molecule has 0 aromatic carbocycles. The van der Waals surface area contributed by atoms with E-state index in [9.17, 15) is 9.59 Å². The minimum absolute atomic E-state index is 0.0449. The molecule has 1 N–H and O–H groups in total. The number of piperidine rings is 1. The minimum atomic E-state index is -0.736. The second-order valence-corrected chi connectivity index (χ2v) is 4.39. The monoisotopic (exact) mass is 243 g/mol. The highest BCUT2D eigenvalue weighted by molar-refractivity contribution is 5.77. The Balaban J connectivity index is 2.20. The van der Waals surface area contributed by atoms with Gasteiger partial charge in [-0.3, -0.25) is 9.59 Å². The summed E-state index contributed by atoms with van der Waals surface area (Å²) in [6.07, 6.45) is 2.77. The number of carboxylic acid groups (broad SMARTS) is 1. The molecule has 1 heterocycles. The third-order valence-electron chi connectivity index (χ3n) is 3.16. The molecule has 1 fully saturated rings. The molecule has 1 rings (SSSR count). The molecule has 1 saturated heterocycles. The zero-order valence-corrected chi connectivity index (χ0v) is 10.4. The second-order valence-electron chi connectivity index (χ2n) is 4.39. The molecule has 17 heavy (non-hydrogen) atoms. The van der Waals surface area contributed by atoms with E-state index in [-0.39, 0.29) is 18.9 Å². The van der Waals surface area contributed by atoms with E-state index >= 15 is 0 Å². The molecule has 5 heteroatoms. The molecule has 5 nitrogen and oxygen atoms in total. The van der Waals surface area contributed by atoms with Crippen molar-refractivity contribution in [1.29, 1.82) is 0 Å². The maximum atomic E-state index is 11.6. The van der Waals surface area contributed by atoms with E-state index in [1.807, 2.05) is 11.8 Å². The first kappa shape index (κ1) is 14.0. The van der Waals surface area contributed by atoms with Gasteiger partial charge in [0.05, 0.1) is 0 Å². The molecule has 98 valence electrons. The van der Waals surface area contributed by atoms with Crippen molar-refractivity contribution >= 4 is 11.9 Å². The number of nitrogens with zero attached hydrogens (tertiary/aromatic N) is 1. The van der Waals surface area contributed by atoms with Gasteiger partial charge in [-0.1, -0.05) is 0 Å². The third kappa shape index (κ3) is 5.17. The topological polar surface area (TPSA) is 66.8 Å². The highest BCUT2D eigenvalue weighted by Gasteiger charge is 2.22. The van der Waals surface area contributed by atoms with E-state index in [1.54, 1.807) is 0 Å². The average Bonchev–Trinajstić information content (AvgIpc) is 2.34. The summed E-state index contributed by atoms with van der Waals surface area (Å²) in [5.74, 6) is -0.245. The zero-order chi connectivity index (χ0) is 12.7. The van der Waals surface area contributed by atoms with Crippen LogP contribution < -0.4 is 0 Å². The number of ether oxygens (including phenoxy) is 1. The summed E-state index contributed by atoms with van der Waals surface area (Å²) in [5.41, 5.74) is 0. The lowest BCUT2D eigenvalue weighted by Crippen LogP contribution is -2.40. The average molecular weight is 243 g/mol. The lowest BCUT2D eigenvalue weighted by molar-refractivity contribution is -0.139. The molecule has 1 amide bonds. The molecule has 0 spiro atoms. The SMILES string of the molecule is CCOCC(=O)N1CCC(CCC(=O)O)CC1. The quantitative estimate of drug-likeness (QED) is 0.759. The Morgan fingerprint density at radius 1 is 1.35 bits per heavy atom. The molecule has 0 saturated carbocycles. The number of aliphatic carboxylic acids is 1. The van der Waals surface area contributed by atoms with Crippen LogP contribution >= 0.6 is 0 Å². The lowest BCUT2D eigenvalue weighted by Gasteiger charge is -2.31. The summed E-state index contributed by atoms with van der Waals surface area (Å²) in [7, 11) is 0. The van der Waals surface area contributed by atoms with Crippen molar-refractivity contribution in [2.24, 2.45) is 5.92 Å². The molecule has 0 aromatic heterocycles. The Bertz CT molecular complexity index is 259. The highest BCUT2D eigenvalue weighted by Crippen LogP contribution is 2.21. The van der Waals surface area contributed by atoms with E-state index in [0.717, 1.165) is 32.4 Å². The summed E-state index contributed by atoms with van der Waals surface area (Å²) in [4.78, 5) is 23.9. The molecule has 0 aromatic rings. The number of carboxylic acids is 1. The number of carbonyl (C=O) groups is 2. The van der Waals surface area contributed by atoms with E-state index in [0.29, 0.717) is 12.5 Å². The number of carbonyl (C=O) groups excluding carboxylic acids is 1. The largest absolute Gasteiger partial charge is 0.481 e. The van der Waals surface area contributed by atoms with Crippen LogP contribution in [0.1, 0.15) is 32.6 Å². The molecule has 1 aliphatic rings. The first-order chi connectivity index (χ1) is 8.13. The van der Waals surface area contributed by atoms with E-state index in [2.05, 4.69) is 0 Å². The summed E-state index contributed by atoms with van der Waals surface area (Å²) < 4.78 is 5.09. The fourth-order valence-electron chi connectivity index (χ4n) is 2.08. The molecule has 1 aliphatic heterocycles. The van der Waals surface area contributed by atoms with Crippen molar-refractivity contribution in [3.05, 3.63) is 0 Å². The van der Waals surface area contributed by atoms with Gasteiger partial charge in [-0.15, -0.1) is 0 Å². The summed E-state index contributed by atoms with van der Waals surface area (Å²) in [6, 6.07) is 0. The first-order valence-electron chi connectivity index (χ1n) is 6.20. The predicted octanol–water partition coefficient (Wildman–Crippen LogP) is 1.13. The van der Waals surface area contributed by atoms with Gasteiger partial charge in [0.25, 0.3) is 0 Å². The number of hydrogen-bond acceptors (Lipinski definition) is 3. The molecular weight excluding hydrogens is 222 g/mol. The number of hydrogen-bond donors (Lipinski definition) is 1. The van der Waals surface area contributed by atoms with E-state index in [4.69, 9.17) is 9.84 Å². The van der Waals surface area contributed by atoms with Gasteiger partial charge in [0, 0.05) is 26.1 Å². The summed E-state index contributed by atoms with van der Waals surface area (Å²) in [5, 5.41) is 8.60. The Kier molecular flexibility index (Phi) is 5.97. The fourth-order valence-corrected chi connectivity index (χ4v) is 2.08. The molecular formula is C12H21NO4. The number of likely N-dealkylation sites (tertiary alicyclic amines) is 1. The van der Waals surface area contributed by atoms with Gasteiger partial charge in [-0.05, 0) is 32.1 Å². The van der Waals surface area contributed by atoms with Crippen molar-refractivity contribution in [1.82, 2.24) is 4.90 Å². The third-order valence-corrected chi connectivity index (χ3v) is 3.16. The van der Waals surface area contributed by atoms with E-state index in [1.165, 1.54) is 0 Å². The van der Waals surface area contributed by atoms with Crippen LogP contribution in [0, 0.1) is 5.92 Å². The normalized spacial score (nSPS) is 17.1. The standard InChI is InChI=1S/C12H21NO4/c1-2-17-9-11(14)13-7-5-10(6-8-13)3-4-12(15)16/h10H,2-9H2,1H3,(H,15,16). The molecule has 0 atom stereocenters. The van der Waals surface area contributed by atoms with Crippen molar-refractivity contribution in [3.8, 4) is 0 Å². The van der Waals surface area contributed by atoms with E-state index < -0.39 is 5.97 Å². The van der Waals surface area contributed by atoms with Crippen LogP contribution in [0.25, 0.3) is 0 Å². The van der Waals surface area contributed by atoms with Gasteiger partial charge in [0.15, 0.2) is 0 Å². The maximum Gasteiger partial charge on any atom is 0.303 e. The number of amides is 1. The van der Waals surface area contributed by atoms with Crippen molar-refractivity contribution in [2.45, 2.75) is 32.6 Å². The first-order valence-corrected chi connectivity index (χ1v) is 6.20. The van der Waals surface area contributed by atoms with Gasteiger partial charge in [-0.25, -0.2) is 0 Å². The van der Waals surface area contributed by atoms with Crippen LogP contribution in [0.4, 0.5) is 0 Å². The predicted molar refractivity (Wildman–Crippen MR) is 62.7 cm³/mol. The van der Waals surface area contributed by atoms with Crippen LogP contribution in [0.15, 0.2) is 0 Å². The Labute approximate surface area is 102 Å². The second kappa shape index (κ2) is 7.27. The minimum Gasteiger partial charge on any atom is -0.481 e. The van der Waals surface area contributed by atoms with Crippen LogP contribution in [-0.4, -0.2) is 48.2 Å². The van der Waals surface area contributed by atoms with Gasteiger partial charge in [0.2, 0.25) is 5.91 Å². The Hall–Kier alpha value is -1.10. The summed E-state index contributed by atoms with van der Waals surface area (Å²) in [6.45, 7) is 4.05. The molecule has 0 radical (unpaired) electrons. The van der Waals surface area contributed by atoms with Gasteiger partial charge < -0.3 is 14.7 Å².